The molecule has 0 aliphatic carbocycles. The van der Waals surface area contributed by atoms with Gasteiger partial charge in [-0.3, -0.25) is 9.69 Å². The molecular weight excluding hydrogens is 446 g/mol. The molecule has 0 unspecified atom stereocenters. The molecule has 2 aromatic carbocycles. The zero-order valence-corrected chi connectivity index (χ0v) is 19.0. The van der Waals surface area contributed by atoms with E-state index in [4.69, 9.17) is 4.98 Å². The zero-order valence-electron chi connectivity index (χ0n) is 15.8. The molecule has 3 rings (SSSR count). The number of amides is 1. The van der Waals surface area contributed by atoms with Crippen molar-refractivity contribution in [3.8, 4) is 0 Å². The van der Waals surface area contributed by atoms with Gasteiger partial charge in [0, 0.05) is 23.1 Å². The molecule has 0 atom stereocenters. The number of aromatic nitrogens is 1. The molecule has 0 N–H and O–H groups in total. The molecule has 27 heavy (non-hydrogen) atoms. The van der Waals surface area contributed by atoms with Crippen LogP contribution in [0.5, 0.6) is 0 Å². The number of likely N-dealkylation sites (N-methyl/N-ethyl adjacent to an activating group) is 1. The highest BCUT2D eigenvalue weighted by Gasteiger charge is 2.22. The maximum Gasteiger partial charge on any atom is 0.260 e. The largest absolute Gasteiger partial charge is 0.308 e. The van der Waals surface area contributed by atoms with Crippen LogP contribution >= 0.6 is 39.7 Å². The smallest absolute Gasteiger partial charge is 0.260 e. The highest BCUT2D eigenvalue weighted by atomic mass is 79.9. The Kier molecular flexibility index (Phi) is 7.40. The summed E-state index contributed by atoms with van der Waals surface area (Å²) in [4.78, 5) is 21.9. The summed E-state index contributed by atoms with van der Waals surface area (Å²) in [5.74, 6) is -0.0263. The van der Waals surface area contributed by atoms with E-state index >= 15 is 0 Å². The quantitative estimate of drug-likeness (QED) is 0.509. The van der Waals surface area contributed by atoms with Gasteiger partial charge < -0.3 is 4.90 Å². The van der Waals surface area contributed by atoms with Gasteiger partial charge in [-0.2, -0.15) is 0 Å². The van der Waals surface area contributed by atoms with Crippen LogP contribution < -0.4 is 4.90 Å². The predicted octanol–water partition coefficient (Wildman–Crippen LogP) is 5.31. The second-order valence-corrected chi connectivity index (χ2v) is 8.62. The molecule has 0 aliphatic rings. The van der Waals surface area contributed by atoms with Gasteiger partial charge >= 0.3 is 0 Å². The molecule has 0 saturated carbocycles. The third-order valence-electron chi connectivity index (χ3n) is 4.14. The van der Waals surface area contributed by atoms with Gasteiger partial charge in [-0.05, 0) is 63.3 Å². The summed E-state index contributed by atoms with van der Waals surface area (Å²) in [5, 5.41) is 0.750. The Labute approximate surface area is 178 Å². The van der Waals surface area contributed by atoms with Gasteiger partial charge in [-0.25, -0.2) is 4.98 Å². The topological polar surface area (TPSA) is 36.4 Å². The van der Waals surface area contributed by atoms with Crippen molar-refractivity contribution in [3.63, 3.8) is 0 Å². The van der Waals surface area contributed by atoms with E-state index in [9.17, 15) is 4.79 Å². The average Bonchev–Trinajstić information content (AvgIpc) is 2.98. The minimum Gasteiger partial charge on any atom is -0.308 e. The fourth-order valence-electron chi connectivity index (χ4n) is 2.84. The summed E-state index contributed by atoms with van der Waals surface area (Å²) in [6.45, 7) is 5.52. The molecule has 0 spiro atoms. The molecule has 0 fully saturated rings. The molecule has 1 aromatic heterocycles. The summed E-state index contributed by atoms with van der Waals surface area (Å²) in [6, 6.07) is 11.8. The number of hydrogen-bond donors (Lipinski definition) is 0. The lowest BCUT2D eigenvalue weighted by atomic mass is 10.1. The Hall–Kier alpha value is -1.47. The molecule has 1 amide bonds. The fourth-order valence-corrected chi connectivity index (χ4v) is 4.40. The lowest BCUT2D eigenvalue weighted by Crippen LogP contribution is -2.36. The summed E-state index contributed by atoms with van der Waals surface area (Å²) in [6.07, 6.45) is 0. The molecule has 144 valence electrons. The maximum atomic E-state index is 13.2. The van der Waals surface area contributed by atoms with Crippen LogP contribution in [0, 0.1) is 13.8 Å². The number of benzene rings is 2. The molecule has 4 nitrogen and oxygen atoms in total. The minimum absolute atomic E-state index is 0. The molecule has 0 radical (unpaired) electrons. The number of fused-ring (bicyclic) bond motifs is 1. The van der Waals surface area contributed by atoms with Crippen molar-refractivity contribution in [2.24, 2.45) is 0 Å². The van der Waals surface area contributed by atoms with E-state index in [2.05, 4.69) is 46.8 Å². The summed E-state index contributed by atoms with van der Waals surface area (Å²) in [7, 11) is 4.02. The van der Waals surface area contributed by atoms with Gasteiger partial charge in [0.15, 0.2) is 5.13 Å². The van der Waals surface area contributed by atoms with Crippen molar-refractivity contribution < 1.29 is 4.79 Å². The van der Waals surface area contributed by atoms with Crippen LogP contribution in [0.2, 0.25) is 0 Å². The first kappa shape index (κ1) is 21.8. The van der Waals surface area contributed by atoms with E-state index in [1.807, 2.05) is 38.4 Å². The highest BCUT2D eigenvalue weighted by Crippen LogP contribution is 2.32. The second-order valence-electron chi connectivity index (χ2n) is 6.70. The van der Waals surface area contributed by atoms with Crippen LogP contribution in [0.1, 0.15) is 21.5 Å². The molecule has 3 aromatic rings. The number of carbonyl (C=O) groups is 1. The summed E-state index contributed by atoms with van der Waals surface area (Å²) < 4.78 is 2.01. The number of hydrogen-bond acceptors (Lipinski definition) is 4. The zero-order chi connectivity index (χ0) is 18.8. The molecule has 0 aliphatic heterocycles. The first-order valence-corrected chi connectivity index (χ1v) is 10.1. The molecule has 0 saturated heterocycles. The van der Waals surface area contributed by atoms with Crippen LogP contribution in [-0.4, -0.2) is 43.0 Å². The first-order chi connectivity index (χ1) is 12.3. The average molecular weight is 469 g/mol. The lowest BCUT2D eigenvalue weighted by Gasteiger charge is -2.22. The van der Waals surface area contributed by atoms with Crippen LogP contribution in [0.3, 0.4) is 0 Å². The summed E-state index contributed by atoms with van der Waals surface area (Å²) in [5.41, 5.74) is 3.99. The Morgan fingerprint density at radius 2 is 1.89 bits per heavy atom. The van der Waals surface area contributed by atoms with E-state index in [0.717, 1.165) is 31.9 Å². The highest BCUT2D eigenvalue weighted by molar-refractivity contribution is 9.10. The predicted molar refractivity (Wildman–Crippen MR) is 121 cm³/mol. The van der Waals surface area contributed by atoms with Gasteiger partial charge in [0.1, 0.15) is 0 Å². The second kappa shape index (κ2) is 9.15. The molecule has 1 heterocycles. The number of nitrogens with zero attached hydrogens (tertiary/aromatic N) is 3. The van der Waals surface area contributed by atoms with Gasteiger partial charge in [-0.1, -0.05) is 39.4 Å². The minimum atomic E-state index is -0.0263. The number of rotatable bonds is 5. The van der Waals surface area contributed by atoms with E-state index in [0.29, 0.717) is 12.1 Å². The van der Waals surface area contributed by atoms with Gasteiger partial charge in [0.25, 0.3) is 5.91 Å². The Morgan fingerprint density at radius 3 is 2.56 bits per heavy atom. The Morgan fingerprint density at radius 1 is 1.15 bits per heavy atom. The normalized spacial score (nSPS) is 10.9. The van der Waals surface area contributed by atoms with Crippen molar-refractivity contribution in [2.75, 3.05) is 32.1 Å². The third kappa shape index (κ3) is 5.08. The van der Waals surface area contributed by atoms with Crippen molar-refractivity contribution >= 4 is 60.9 Å². The molecule has 7 heteroatoms. The van der Waals surface area contributed by atoms with Crippen LogP contribution in [-0.2, 0) is 0 Å². The van der Waals surface area contributed by atoms with E-state index < -0.39 is 0 Å². The van der Waals surface area contributed by atoms with Crippen LogP contribution in [0.4, 0.5) is 5.13 Å². The number of carbonyl (C=O) groups excluding carboxylic acids is 1. The number of aryl methyl sites for hydroxylation is 2. The number of anilines is 1. The molecular formula is C20H23BrClN3OS. The van der Waals surface area contributed by atoms with Gasteiger partial charge in [0.05, 0.1) is 10.2 Å². The maximum absolute atomic E-state index is 13.2. The van der Waals surface area contributed by atoms with Crippen molar-refractivity contribution in [3.05, 3.63) is 57.6 Å². The summed E-state index contributed by atoms with van der Waals surface area (Å²) >= 11 is 5.03. The fraction of sp³-hybridized carbons (Fsp3) is 0.300. The van der Waals surface area contributed by atoms with Gasteiger partial charge in [-0.15, -0.1) is 12.4 Å². The van der Waals surface area contributed by atoms with Crippen molar-refractivity contribution in [1.29, 1.82) is 0 Å². The number of thiazole rings is 1. The monoisotopic (exact) mass is 467 g/mol. The molecule has 0 bridgehead atoms. The van der Waals surface area contributed by atoms with Crippen LogP contribution in [0.15, 0.2) is 40.9 Å². The lowest BCUT2D eigenvalue weighted by molar-refractivity contribution is 0.0985. The Bertz CT molecular complexity index is 958. The van der Waals surface area contributed by atoms with Crippen molar-refractivity contribution in [1.82, 2.24) is 9.88 Å². The van der Waals surface area contributed by atoms with Crippen LogP contribution in [0.25, 0.3) is 10.2 Å². The van der Waals surface area contributed by atoms with E-state index in [-0.39, 0.29) is 18.3 Å². The standard InChI is InChI=1S/C20H22BrN3OS.ClH/c1-13-10-14(2)18-17(11-13)26-20(22-18)24(9-8-23(3)4)19(25)15-6-5-7-16(21)12-15;/h5-7,10-12H,8-9H2,1-4H3;1H. The SMILES string of the molecule is Cc1cc(C)c2nc(N(CCN(C)C)C(=O)c3cccc(Br)c3)sc2c1.Cl. The third-order valence-corrected chi connectivity index (χ3v) is 5.66. The first-order valence-electron chi connectivity index (χ1n) is 8.45. The van der Waals surface area contributed by atoms with E-state index in [1.54, 1.807) is 16.2 Å². The number of halogens is 2. The Balaban J connectivity index is 0.00000261. The van der Waals surface area contributed by atoms with Crippen molar-refractivity contribution in [2.45, 2.75) is 13.8 Å². The van der Waals surface area contributed by atoms with E-state index in [1.165, 1.54) is 5.56 Å². The van der Waals surface area contributed by atoms with Gasteiger partial charge in [0.2, 0.25) is 0 Å².